The third kappa shape index (κ3) is 3.85. The SMILES string of the molecule is COc1ccc(N=Nc2c(C)n(C)c3ccc(O)c(C[NH+]4CCCCC4)c23)cc1. The number of piperidine rings is 1. The normalized spacial score (nSPS) is 15.4. The quantitative estimate of drug-likeness (QED) is 0.639. The van der Waals surface area contributed by atoms with Gasteiger partial charge >= 0.3 is 0 Å². The molecule has 152 valence electrons. The van der Waals surface area contributed by atoms with E-state index in [2.05, 4.69) is 21.7 Å². The van der Waals surface area contributed by atoms with E-state index in [4.69, 9.17) is 4.74 Å². The molecule has 0 radical (unpaired) electrons. The molecule has 6 heteroatoms. The Morgan fingerprint density at radius 3 is 2.45 bits per heavy atom. The first-order valence-electron chi connectivity index (χ1n) is 10.3. The topological polar surface area (TPSA) is 63.5 Å². The standard InChI is InChI=1S/C23H28N4O2/c1-16-23(25-24-17-7-9-18(29-3)10-8-17)22-19(15-27-13-5-4-6-14-27)21(28)12-11-20(22)26(16)2/h7-12,28H,4-6,13-15H2,1-3H3/p+1. The second-order valence-electron chi connectivity index (χ2n) is 7.84. The number of nitrogens with one attached hydrogen (secondary N) is 1. The second kappa shape index (κ2) is 8.25. The number of aryl methyl sites for hydroxylation is 1. The highest BCUT2D eigenvalue weighted by Crippen LogP contribution is 2.39. The molecule has 6 nitrogen and oxygen atoms in total. The molecule has 0 spiro atoms. The molecule has 2 N–H and O–H groups in total. The smallest absolute Gasteiger partial charge is 0.125 e. The lowest BCUT2D eigenvalue weighted by atomic mass is 10.0. The van der Waals surface area contributed by atoms with E-state index >= 15 is 0 Å². The minimum absolute atomic E-state index is 0.349. The Morgan fingerprint density at radius 2 is 1.76 bits per heavy atom. The maximum atomic E-state index is 10.7. The number of likely N-dealkylation sites (tertiary alicyclic amines) is 1. The number of quaternary nitrogens is 1. The molecule has 4 rings (SSSR count). The molecule has 3 aromatic rings. The molecule has 29 heavy (non-hydrogen) atoms. The number of azo groups is 1. The van der Waals surface area contributed by atoms with Crippen molar-refractivity contribution in [3.8, 4) is 11.5 Å². The summed E-state index contributed by atoms with van der Waals surface area (Å²) in [6.45, 7) is 5.18. The van der Waals surface area contributed by atoms with Gasteiger partial charge in [-0.05, 0) is 62.6 Å². The molecule has 0 atom stereocenters. The zero-order valence-corrected chi connectivity index (χ0v) is 17.4. The van der Waals surface area contributed by atoms with Crippen LogP contribution in [0.15, 0.2) is 46.6 Å². The van der Waals surface area contributed by atoms with Crippen molar-refractivity contribution < 1.29 is 14.7 Å². The van der Waals surface area contributed by atoms with Gasteiger partial charge in [0.15, 0.2) is 0 Å². The van der Waals surface area contributed by atoms with Crippen LogP contribution in [0.3, 0.4) is 0 Å². The lowest BCUT2D eigenvalue weighted by Crippen LogP contribution is -3.11. The molecule has 2 aromatic carbocycles. The van der Waals surface area contributed by atoms with E-state index < -0.39 is 0 Å². The summed E-state index contributed by atoms with van der Waals surface area (Å²) < 4.78 is 7.34. The Kier molecular flexibility index (Phi) is 5.53. The van der Waals surface area contributed by atoms with Crippen LogP contribution in [0.25, 0.3) is 10.9 Å². The summed E-state index contributed by atoms with van der Waals surface area (Å²) in [6, 6.07) is 11.3. The Hall–Kier alpha value is -2.86. The zero-order chi connectivity index (χ0) is 20.4. The van der Waals surface area contributed by atoms with Gasteiger partial charge in [-0.25, -0.2) is 0 Å². The summed E-state index contributed by atoms with van der Waals surface area (Å²) in [6.07, 6.45) is 3.82. The third-order valence-corrected chi connectivity index (χ3v) is 6.04. The highest BCUT2D eigenvalue weighted by atomic mass is 16.5. The molecular formula is C23H29N4O2+. The maximum absolute atomic E-state index is 10.7. The van der Waals surface area contributed by atoms with Crippen LogP contribution < -0.4 is 9.64 Å². The van der Waals surface area contributed by atoms with Gasteiger partial charge in [0, 0.05) is 18.1 Å². The van der Waals surface area contributed by atoms with Gasteiger partial charge in [-0.15, -0.1) is 5.11 Å². The highest BCUT2D eigenvalue weighted by Gasteiger charge is 2.22. The molecule has 2 heterocycles. The monoisotopic (exact) mass is 393 g/mol. The van der Waals surface area contributed by atoms with Crippen LogP contribution in [-0.2, 0) is 13.6 Å². The molecule has 0 saturated carbocycles. The lowest BCUT2D eigenvalue weighted by Gasteiger charge is -2.24. The van der Waals surface area contributed by atoms with E-state index in [0.717, 1.165) is 58.9 Å². The number of hydrogen-bond acceptors (Lipinski definition) is 4. The molecule has 1 fully saturated rings. The fraction of sp³-hybridized carbons (Fsp3) is 0.391. The number of phenolic OH excluding ortho intramolecular Hbond substituents is 1. The Morgan fingerprint density at radius 1 is 1.03 bits per heavy atom. The predicted molar refractivity (Wildman–Crippen MR) is 115 cm³/mol. The van der Waals surface area contributed by atoms with Crippen molar-refractivity contribution in [1.82, 2.24) is 4.57 Å². The number of nitrogens with zero attached hydrogens (tertiary/aromatic N) is 3. The number of fused-ring (bicyclic) bond motifs is 1. The summed E-state index contributed by atoms with van der Waals surface area (Å²) in [4.78, 5) is 1.53. The third-order valence-electron chi connectivity index (χ3n) is 6.04. The summed E-state index contributed by atoms with van der Waals surface area (Å²) in [7, 11) is 3.69. The summed E-state index contributed by atoms with van der Waals surface area (Å²) in [5, 5.41) is 20.8. The summed E-state index contributed by atoms with van der Waals surface area (Å²) in [5.41, 5.74) is 4.70. The number of rotatable bonds is 5. The Balaban J connectivity index is 1.76. The fourth-order valence-corrected chi connectivity index (χ4v) is 4.23. The molecule has 0 aliphatic carbocycles. The average molecular weight is 394 g/mol. The van der Waals surface area contributed by atoms with Crippen LogP contribution >= 0.6 is 0 Å². The number of hydrogen-bond donors (Lipinski definition) is 2. The van der Waals surface area contributed by atoms with Crippen molar-refractivity contribution in [2.75, 3.05) is 20.2 Å². The molecule has 1 saturated heterocycles. The Labute approximate surface area is 171 Å². The molecule has 1 aliphatic heterocycles. The van der Waals surface area contributed by atoms with Gasteiger partial charge in [0.25, 0.3) is 0 Å². The van der Waals surface area contributed by atoms with E-state index in [1.165, 1.54) is 24.2 Å². The van der Waals surface area contributed by atoms with Crippen molar-refractivity contribution in [1.29, 1.82) is 0 Å². The van der Waals surface area contributed by atoms with Crippen molar-refractivity contribution in [3.05, 3.63) is 47.7 Å². The summed E-state index contributed by atoms with van der Waals surface area (Å²) >= 11 is 0. The first kappa shape index (κ1) is 19.5. The minimum atomic E-state index is 0.349. The van der Waals surface area contributed by atoms with Crippen molar-refractivity contribution in [3.63, 3.8) is 0 Å². The van der Waals surface area contributed by atoms with Crippen LogP contribution in [0.2, 0.25) is 0 Å². The van der Waals surface area contributed by atoms with Crippen LogP contribution in [0.5, 0.6) is 11.5 Å². The Bertz CT molecular complexity index is 1030. The number of aromatic hydroxyl groups is 1. The molecule has 1 aromatic heterocycles. The van der Waals surface area contributed by atoms with Gasteiger partial charge < -0.3 is 19.3 Å². The highest BCUT2D eigenvalue weighted by molar-refractivity contribution is 5.97. The van der Waals surface area contributed by atoms with Crippen LogP contribution in [0.4, 0.5) is 11.4 Å². The average Bonchev–Trinajstić information content (AvgIpc) is 3.00. The maximum Gasteiger partial charge on any atom is 0.125 e. The number of aromatic nitrogens is 1. The van der Waals surface area contributed by atoms with E-state index in [0.29, 0.717) is 5.75 Å². The first-order chi connectivity index (χ1) is 14.1. The largest absolute Gasteiger partial charge is 0.507 e. The van der Waals surface area contributed by atoms with Gasteiger partial charge in [0.2, 0.25) is 0 Å². The lowest BCUT2D eigenvalue weighted by molar-refractivity contribution is -0.918. The molecule has 0 bridgehead atoms. The van der Waals surface area contributed by atoms with Gasteiger partial charge in [0.05, 0.1) is 37.0 Å². The number of ether oxygens (including phenoxy) is 1. The van der Waals surface area contributed by atoms with Gasteiger partial charge in [0.1, 0.15) is 23.7 Å². The van der Waals surface area contributed by atoms with Crippen LogP contribution in [-0.4, -0.2) is 29.9 Å². The van der Waals surface area contributed by atoms with Crippen LogP contribution in [0.1, 0.15) is 30.5 Å². The minimum Gasteiger partial charge on any atom is -0.507 e. The predicted octanol–water partition coefficient (Wildman–Crippen LogP) is 4.19. The molecular weight excluding hydrogens is 364 g/mol. The second-order valence-corrected chi connectivity index (χ2v) is 7.84. The van der Waals surface area contributed by atoms with Gasteiger partial charge in [-0.1, -0.05) is 0 Å². The van der Waals surface area contributed by atoms with Crippen molar-refractivity contribution in [2.45, 2.75) is 32.7 Å². The van der Waals surface area contributed by atoms with Gasteiger partial charge in [-0.3, -0.25) is 0 Å². The van der Waals surface area contributed by atoms with E-state index in [1.54, 1.807) is 7.11 Å². The molecule has 0 amide bonds. The number of phenols is 1. The van der Waals surface area contributed by atoms with Crippen LogP contribution in [0, 0.1) is 6.92 Å². The first-order valence-corrected chi connectivity index (χ1v) is 10.3. The van der Waals surface area contributed by atoms with Crippen molar-refractivity contribution in [2.24, 2.45) is 17.3 Å². The number of methoxy groups -OCH3 is 1. The number of benzene rings is 2. The van der Waals surface area contributed by atoms with E-state index in [1.807, 2.05) is 43.4 Å². The molecule has 1 aliphatic rings. The summed E-state index contributed by atoms with van der Waals surface area (Å²) in [5.74, 6) is 1.14. The fourth-order valence-electron chi connectivity index (χ4n) is 4.23. The molecule has 0 unspecified atom stereocenters. The zero-order valence-electron chi connectivity index (χ0n) is 17.4. The van der Waals surface area contributed by atoms with E-state index in [-0.39, 0.29) is 0 Å². The van der Waals surface area contributed by atoms with E-state index in [9.17, 15) is 5.11 Å². The van der Waals surface area contributed by atoms with Crippen molar-refractivity contribution >= 4 is 22.3 Å². The van der Waals surface area contributed by atoms with Gasteiger partial charge in [-0.2, -0.15) is 5.11 Å².